The molecule has 0 aliphatic rings. The molecule has 0 amide bonds. The highest BCUT2D eigenvalue weighted by atomic mass is 16.5. The summed E-state index contributed by atoms with van der Waals surface area (Å²) >= 11 is 0. The highest BCUT2D eigenvalue weighted by Gasteiger charge is 2.01. The van der Waals surface area contributed by atoms with E-state index in [4.69, 9.17) is 4.74 Å². The van der Waals surface area contributed by atoms with Crippen LogP contribution in [0.5, 0.6) is 5.75 Å². The van der Waals surface area contributed by atoms with Crippen LogP contribution in [0.1, 0.15) is 22.3 Å². The van der Waals surface area contributed by atoms with Gasteiger partial charge in [-0.3, -0.25) is 9.59 Å². The van der Waals surface area contributed by atoms with Crippen molar-refractivity contribution in [1.82, 2.24) is 0 Å². The molecule has 17 heavy (non-hydrogen) atoms. The largest absolute Gasteiger partial charge is 0.496 e. The van der Waals surface area contributed by atoms with Crippen LogP contribution in [0.15, 0.2) is 18.2 Å². The van der Waals surface area contributed by atoms with E-state index in [1.165, 1.54) is 14.2 Å². The number of esters is 1. The van der Waals surface area contributed by atoms with Crippen molar-refractivity contribution in [3.63, 3.8) is 0 Å². The fraction of sp³-hybridized carbons (Fsp3) is 0.231. The van der Waals surface area contributed by atoms with E-state index in [1.54, 1.807) is 18.2 Å². The minimum atomic E-state index is -0.381. The maximum atomic E-state index is 10.8. The van der Waals surface area contributed by atoms with Crippen molar-refractivity contribution >= 4 is 12.3 Å². The normalized spacial score (nSPS) is 8.82. The van der Waals surface area contributed by atoms with Crippen molar-refractivity contribution in [3.05, 3.63) is 29.3 Å². The van der Waals surface area contributed by atoms with E-state index in [0.717, 1.165) is 0 Å². The summed E-state index contributed by atoms with van der Waals surface area (Å²) in [7, 11) is 2.79. The van der Waals surface area contributed by atoms with Crippen LogP contribution in [-0.2, 0) is 9.53 Å². The molecule has 0 aliphatic heterocycles. The number of hydrogen-bond donors (Lipinski definition) is 0. The molecular formula is C13H12O4. The molecule has 0 aromatic heterocycles. The quantitative estimate of drug-likeness (QED) is 0.449. The number of carbonyl (C=O) groups is 2. The van der Waals surface area contributed by atoms with Gasteiger partial charge in [0.15, 0.2) is 6.29 Å². The Bertz CT molecular complexity index is 480. The van der Waals surface area contributed by atoms with Crippen LogP contribution in [0.4, 0.5) is 0 Å². The van der Waals surface area contributed by atoms with Gasteiger partial charge in [0.2, 0.25) is 0 Å². The second-order valence-electron chi connectivity index (χ2n) is 3.13. The Kier molecular flexibility index (Phi) is 4.77. The number of aldehydes is 1. The first-order valence-electron chi connectivity index (χ1n) is 4.90. The summed E-state index contributed by atoms with van der Waals surface area (Å²) in [5.74, 6) is 5.54. The molecule has 0 atom stereocenters. The third-order valence-corrected chi connectivity index (χ3v) is 2.05. The van der Waals surface area contributed by atoms with Crippen molar-refractivity contribution in [1.29, 1.82) is 0 Å². The van der Waals surface area contributed by atoms with Gasteiger partial charge in [0.05, 0.1) is 19.8 Å². The Hall–Kier alpha value is -2.28. The third kappa shape index (κ3) is 3.65. The molecule has 1 aromatic carbocycles. The van der Waals surface area contributed by atoms with Crippen LogP contribution in [0.25, 0.3) is 0 Å². The van der Waals surface area contributed by atoms with E-state index in [0.29, 0.717) is 23.2 Å². The summed E-state index contributed by atoms with van der Waals surface area (Å²) < 4.78 is 9.49. The first-order valence-corrected chi connectivity index (χ1v) is 4.90. The SMILES string of the molecule is COC(=O)CC#Cc1ccc(C=O)c(OC)c1. The van der Waals surface area contributed by atoms with E-state index >= 15 is 0 Å². The molecule has 0 heterocycles. The van der Waals surface area contributed by atoms with Gasteiger partial charge in [0, 0.05) is 5.56 Å². The van der Waals surface area contributed by atoms with Crippen LogP contribution in [-0.4, -0.2) is 26.5 Å². The number of ether oxygens (including phenoxy) is 2. The predicted octanol–water partition coefficient (Wildman–Crippen LogP) is 1.42. The van der Waals surface area contributed by atoms with E-state index in [2.05, 4.69) is 16.6 Å². The van der Waals surface area contributed by atoms with Crippen molar-refractivity contribution in [2.24, 2.45) is 0 Å². The summed E-state index contributed by atoms with van der Waals surface area (Å²) in [6.07, 6.45) is 0.749. The third-order valence-electron chi connectivity index (χ3n) is 2.05. The Morgan fingerprint density at radius 1 is 1.41 bits per heavy atom. The Labute approximate surface area is 99.5 Å². The fourth-order valence-electron chi connectivity index (χ4n) is 1.18. The molecule has 88 valence electrons. The van der Waals surface area contributed by atoms with Crippen LogP contribution in [0.3, 0.4) is 0 Å². The summed E-state index contributed by atoms with van der Waals surface area (Å²) in [5.41, 5.74) is 1.14. The number of rotatable bonds is 3. The van der Waals surface area contributed by atoms with Gasteiger partial charge in [0.25, 0.3) is 0 Å². The Balaban J connectivity index is 2.85. The van der Waals surface area contributed by atoms with Gasteiger partial charge in [-0.1, -0.05) is 11.8 Å². The average molecular weight is 232 g/mol. The lowest BCUT2D eigenvalue weighted by molar-refractivity contribution is -0.139. The smallest absolute Gasteiger partial charge is 0.317 e. The topological polar surface area (TPSA) is 52.6 Å². The molecule has 1 rings (SSSR count). The standard InChI is InChI=1S/C13H12O4/c1-16-12-8-10(6-7-11(12)9-14)4-3-5-13(15)17-2/h6-9H,5H2,1-2H3. The van der Waals surface area contributed by atoms with Gasteiger partial charge in [0.1, 0.15) is 12.2 Å². The second kappa shape index (κ2) is 6.33. The molecule has 4 nitrogen and oxygen atoms in total. The number of hydrogen-bond acceptors (Lipinski definition) is 4. The van der Waals surface area contributed by atoms with Crippen molar-refractivity contribution in [2.75, 3.05) is 14.2 Å². The molecule has 0 radical (unpaired) electrons. The van der Waals surface area contributed by atoms with Gasteiger partial charge in [-0.2, -0.15) is 0 Å². The molecule has 1 aromatic rings. The number of methoxy groups -OCH3 is 2. The zero-order valence-corrected chi connectivity index (χ0v) is 9.65. The van der Waals surface area contributed by atoms with Crippen LogP contribution in [0, 0.1) is 11.8 Å². The van der Waals surface area contributed by atoms with Gasteiger partial charge in [-0.25, -0.2) is 0 Å². The van der Waals surface area contributed by atoms with Gasteiger partial charge in [-0.05, 0) is 18.2 Å². The molecule has 0 saturated carbocycles. The van der Waals surface area contributed by atoms with Crippen molar-refractivity contribution < 1.29 is 19.1 Å². The highest BCUT2D eigenvalue weighted by molar-refractivity contribution is 5.79. The lowest BCUT2D eigenvalue weighted by Crippen LogP contribution is -1.97. The molecule has 0 unspecified atom stereocenters. The Morgan fingerprint density at radius 2 is 2.18 bits per heavy atom. The molecule has 0 bridgehead atoms. The zero-order valence-electron chi connectivity index (χ0n) is 9.65. The molecule has 0 N–H and O–H groups in total. The first-order chi connectivity index (χ1) is 8.21. The molecular weight excluding hydrogens is 220 g/mol. The summed E-state index contributed by atoms with van der Waals surface area (Å²) in [5, 5.41) is 0. The van der Waals surface area contributed by atoms with Gasteiger partial charge >= 0.3 is 5.97 Å². The summed E-state index contributed by atoms with van der Waals surface area (Å²) in [4.78, 5) is 21.5. The fourth-order valence-corrected chi connectivity index (χ4v) is 1.18. The molecule has 0 aliphatic carbocycles. The Morgan fingerprint density at radius 3 is 2.76 bits per heavy atom. The molecule has 0 saturated heterocycles. The van der Waals surface area contributed by atoms with Gasteiger partial charge in [-0.15, -0.1) is 0 Å². The lowest BCUT2D eigenvalue weighted by Gasteiger charge is -2.02. The van der Waals surface area contributed by atoms with Crippen molar-refractivity contribution in [2.45, 2.75) is 6.42 Å². The van der Waals surface area contributed by atoms with Crippen LogP contribution >= 0.6 is 0 Å². The maximum absolute atomic E-state index is 10.8. The average Bonchev–Trinajstić information content (AvgIpc) is 2.38. The van der Waals surface area contributed by atoms with Gasteiger partial charge < -0.3 is 9.47 Å². The monoisotopic (exact) mass is 232 g/mol. The predicted molar refractivity (Wildman–Crippen MR) is 61.9 cm³/mol. The maximum Gasteiger partial charge on any atom is 0.317 e. The second-order valence-corrected chi connectivity index (χ2v) is 3.13. The first kappa shape index (κ1) is 12.8. The minimum Gasteiger partial charge on any atom is -0.496 e. The number of carbonyl (C=O) groups excluding carboxylic acids is 2. The zero-order chi connectivity index (χ0) is 12.7. The van der Waals surface area contributed by atoms with E-state index in [-0.39, 0.29) is 12.4 Å². The highest BCUT2D eigenvalue weighted by Crippen LogP contribution is 2.17. The summed E-state index contributed by atoms with van der Waals surface area (Å²) in [6, 6.07) is 4.96. The molecule has 0 fully saturated rings. The minimum absolute atomic E-state index is 0.0360. The van der Waals surface area contributed by atoms with E-state index in [9.17, 15) is 9.59 Å². The molecule has 0 spiro atoms. The van der Waals surface area contributed by atoms with Crippen LogP contribution < -0.4 is 4.74 Å². The lowest BCUT2D eigenvalue weighted by atomic mass is 10.1. The van der Waals surface area contributed by atoms with E-state index < -0.39 is 0 Å². The summed E-state index contributed by atoms with van der Waals surface area (Å²) in [6.45, 7) is 0. The van der Waals surface area contributed by atoms with Crippen LogP contribution in [0.2, 0.25) is 0 Å². The number of benzene rings is 1. The van der Waals surface area contributed by atoms with E-state index in [1.807, 2.05) is 0 Å². The molecule has 4 heteroatoms. The van der Waals surface area contributed by atoms with Crippen molar-refractivity contribution in [3.8, 4) is 17.6 Å².